The average molecular weight is 793 g/mol. The van der Waals surface area contributed by atoms with Gasteiger partial charge in [0.25, 0.3) is 0 Å². The maximum Gasteiger partial charge on any atom is 0.411 e. The number of aromatic hydroxyl groups is 1. The summed E-state index contributed by atoms with van der Waals surface area (Å²) in [6.07, 6.45) is 2.23. The summed E-state index contributed by atoms with van der Waals surface area (Å²) in [5.41, 5.74) is 5.44. The van der Waals surface area contributed by atoms with Crippen LogP contribution in [0.4, 0.5) is 16.2 Å². The fourth-order valence-electron chi connectivity index (χ4n) is 8.75. The maximum atomic E-state index is 13.2. The van der Waals surface area contributed by atoms with Crippen LogP contribution in [0.5, 0.6) is 5.75 Å². The number of likely N-dealkylation sites (N-methyl/N-ethyl adjacent to an activating group) is 1. The molecule has 1 aromatic heterocycles. The van der Waals surface area contributed by atoms with Crippen LogP contribution in [0, 0.1) is 0 Å². The number of fused-ring (bicyclic) bond motifs is 6. The number of benzene rings is 4. The van der Waals surface area contributed by atoms with Crippen molar-refractivity contribution in [2.75, 3.05) is 31.3 Å². The Bertz CT molecular complexity index is 2350. The molecular weight excluding hydrogens is 746 g/mol. The Morgan fingerprint density at radius 2 is 1.67 bits per heavy atom. The molecule has 3 fully saturated rings. The number of rotatable bonds is 13. The number of pyridine rings is 1. The number of phenols is 1. The van der Waals surface area contributed by atoms with Crippen molar-refractivity contribution >= 4 is 45.9 Å². The highest BCUT2D eigenvalue weighted by molar-refractivity contribution is 6.33. The van der Waals surface area contributed by atoms with Crippen molar-refractivity contribution < 1.29 is 33.8 Å². The second-order valence-corrected chi connectivity index (χ2v) is 16.3. The SMILES string of the molecule is C[N+]1(C)[C@@H]2CC(OC(=O)Nc3ccc(CCCC(=O)Nc4ccc(CNC[C@H](O)c5ccc(O)c6[nH]c(=O)ccc56)cc4Cl)cc3-c3ccccc3)C[C@H]1[C@@H]1O[C@@H]12. The normalized spacial score (nSPS) is 22.1. The minimum absolute atomic E-state index is 0.0670. The summed E-state index contributed by atoms with van der Waals surface area (Å²) in [7, 11) is 4.51. The van der Waals surface area contributed by atoms with Gasteiger partial charge in [-0.2, -0.15) is 0 Å². The summed E-state index contributed by atoms with van der Waals surface area (Å²) in [4.78, 5) is 40.5. The van der Waals surface area contributed by atoms with Gasteiger partial charge >= 0.3 is 6.09 Å². The third-order valence-corrected chi connectivity index (χ3v) is 12.1. The van der Waals surface area contributed by atoms with Gasteiger partial charge in [-0.15, -0.1) is 0 Å². The number of ether oxygens (including phenoxy) is 2. The van der Waals surface area contributed by atoms with Crippen LogP contribution in [0.3, 0.4) is 0 Å². The van der Waals surface area contributed by atoms with Crippen molar-refractivity contribution in [1.82, 2.24) is 10.3 Å². The number of piperidine rings is 1. The Hall–Kier alpha value is -5.24. The van der Waals surface area contributed by atoms with E-state index in [0.29, 0.717) is 58.8 Å². The molecule has 4 aromatic carbocycles. The number of carbonyl (C=O) groups excluding carboxylic acids is 2. The van der Waals surface area contributed by atoms with Gasteiger partial charge < -0.3 is 39.8 Å². The Morgan fingerprint density at radius 1 is 0.930 bits per heavy atom. The number of anilines is 2. The van der Waals surface area contributed by atoms with E-state index in [2.05, 4.69) is 41.1 Å². The lowest BCUT2D eigenvalue weighted by molar-refractivity contribution is -0.938. The number of carbonyl (C=O) groups is 2. The van der Waals surface area contributed by atoms with Crippen molar-refractivity contribution in [3.8, 4) is 16.9 Å². The molecule has 2 bridgehead atoms. The standard InChI is InChI=1S/C44H46ClN5O7/c1-50(2)35-21-28(22-36(50)43-42(35)57-43)56-44(55)48-33-15-11-25(19-31(33)27-8-4-3-5-9-27)7-6-10-39(53)47-34-16-12-26(20-32(34)45)23-46-24-38(52)29-13-17-37(51)41-30(29)14-18-40(54)49-41/h3-5,8-9,11-20,28,35-36,38,42-43,46,52H,6-7,10,21-24H2,1-2H3,(H3-,47,48,49,51,53,54,55)/p+1/t28?,35-,36+,38-,42-,43+/m0/s1. The third-order valence-electron chi connectivity index (χ3n) is 11.8. The molecule has 0 saturated carbocycles. The zero-order valence-electron chi connectivity index (χ0n) is 31.8. The molecule has 8 rings (SSSR count). The van der Waals surface area contributed by atoms with E-state index in [1.165, 1.54) is 12.1 Å². The van der Waals surface area contributed by atoms with Crippen LogP contribution in [0.1, 0.15) is 48.5 Å². The van der Waals surface area contributed by atoms with Gasteiger partial charge in [-0.1, -0.05) is 60.1 Å². The van der Waals surface area contributed by atoms with Gasteiger partial charge in [-0.25, -0.2) is 4.79 Å². The largest absolute Gasteiger partial charge is 0.506 e. The number of aromatic nitrogens is 1. The molecule has 4 heterocycles. The van der Waals surface area contributed by atoms with Crippen molar-refractivity contribution in [1.29, 1.82) is 0 Å². The molecule has 6 N–H and O–H groups in total. The van der Waals surface area contributed by atoms with Gasteiger partial charge in [-0.3, -0.25) is 14.9 Å². The highest BCUT2D eigenvalue weighted by Crippen LogP contribution is 2.51. The lowest BCUT2D eigenvalue weighted by Gasteiger charge is -2.45. The summed E-state index contributed by atoms with van der Waals surface area (Å²) in [5, 5.41) is 31.1. The number of epoxide rings is 1. The van der Waals surface area contributed by atoms with E-state index in [-0.39, 0.29) is 54.0 Å². The van der Waals surface area contributed by atoms with Crippen LogP contribution in [-0.4, -0.2) is 82.7 Å². The Labute approximate surface area is 335 Å². The number of amides is 2. The maximum absolute atomic E-state index is 13.2. The number of hydrogen-bond donors (Lipinski definition) is 6. The second kappa shape index (κ2) is 16.0. The fourth-order valence-corrected chi connectivity index (χ4v) is 9.00. The van der Waals surface area contributed by atoms with E-state index in [1.54, 1.807) is 24.3 Å². The number of morpholine rings is 1. The van der Waals surface area contributed by atoms with E-state index in [0.717, 1.165) is 39.6 Å². The first-order valence-corrected chi connectivity index (χ1v) is 19.8. The number of aromatic amines is 1. The topological polar surface area (TPSA) is 165 Å². The predicted octanol–water partition coefficient (Wildman–Crippen LogP) is 6.64. The quantitative estimate of drug-likeness (QED) is 0.0571. The van der Waals surface area contributed by atoms with Crippen LogP contribution in [0.15, 0.2) is 95.8 Å². The number of quaternary nitrogens is 1. The zero-order valence-corrected chi connectivity index (χ0v) is 32.6. The Morgan fingerprint density at radius 3 is 2.42 bits per heavy atom. The van der Waals surface area contributed by atoms with Crippen LogP contribution in [-0.2, 0) is 27.2 Å². The van der Waals surface area contributed by atoms with Crippen molar-refractivity contribution in [3.05, 3.63) is 123 Å². The minimum atomic E-state index is -0.896. The molecule has 3 aliphatic rings. The molecule has 13 heteroatoms. The number of halogens is 1. The number of phenolic OH excluding ortho intramolecular Hbond substituents is 1. The first kappa shape index (κ1) is 38.6. The monoisotopic (exact) mass is 792 g/mol. The Kier molecular flexibility index (Phi) is 10.8. The van der Waals surface area contributed by atoms with Gasteiger partial charge in [0.2, 0.25) is 11.5 Å². The first-order chi connectivity index (χ1) is 27.4. The molecular formula is C44H47ClN5O7+. The van der Waals surface area contributed by atoms with E-state index in [9.17, 15) is 24.6 Å². The number of hydrogen-bond acceptors (Lipinski definition) is 8. The summed E-state index contributed by atoms with van der Waals surface area (Å²) < 4.78 is 12.8. The van der Waals surface area contributed by atoms with Crippen LogP contribution >= 0.6 is 11.6 Å². The molecule has 3 saturated heterocycles. The summed E-state index contributed by atoms with van der Waals surface area (Å²) >= 11 is 6.56. The molecule has 57 heavy (non-hydrogen) atoms. The lowest BCUT2D eigenvalue weighted by atomic mass is 9.96. The van der Waals surface area contributed by atoms with Gasteiger partial charge in [0, 0.05) is 49.4 Å². The fraction of sp³-hybridized carbons (Fsp3) is 0.341. The third kappa shape index (κ3) is 8.28. The van der Waals surface area contributed by atoms with Crippen molar-refractivity contribution in [2.24, 2.45) is 0 Å². The minimum Gasteiger partial charge on any atom is -0.506 e. The highest BCUT2D eigenvalue weighted by Gasteiger charge is 2.70. The molecule has 2 amide bonds. The van der Waals surface area contributed by atoms with E-state index >= 15 is 0 Å². The number of aryl methyl sites for hydroxylation is 1. The van der Waals surface area contributed by atoms with E-state index < -0.39 is 12.2 Å². The van der Waals surface area contributed by atoms with Gasteiger partial charge in [0.05, 0.1) is 42.1 Å². The molecule has 1 unspecified atom stereocenters. The van der Waals surface area contributed by atoms with Crippen LogP contribution < -0.4 is 21.5 Å². The smallest absolute Gasteiger partial charge is 0.411 e. The van der Waals surface area contributed by atoms with Crippen molar-refractivity contribution in [2.45, 2.75) is 75.1 Å². The second-order valence-electron chi connectivity index (χ2n) is 15.8. The first-order valence-electron chi connectivity index (χ1n) is 19.4. The molecule has 6 atom stereocenters. The number of aliphatic hydroxyl groups excluding tert-OH is 1. The number of nitrogens with zero attached hydrogens (tertiary/aromatic N) is 1. The molecule has 12 nitrogen and oxygen atoms in total. The van der Waals surface area contributed by atoms with E-state index in [1.807, 2.05) is 48.5 Å². The van der Waals surface area contributed by atoms with Crippen LogP contribution in [0.2, 0.25) is 5.02 Å². The molecule has 296 valence electrons. The number of H-pyrrole nitrogens is 1. The molecule has 0 spiro atoms. The van der Waals surface area contributed by atoms with Gasteiger partial charge in [-0.05, 0) is 71.5 Å². The predicted molar refractivity (Wildman–Crippen MR) is 219 cm³/mol. The van der Waals surface area contributed by atoms with Crippen molar-refractivity contribution in [3.63, 3.8) is 0 Å². The zero-order chi connectivity index (χ0) is 39.8. The summed E-state index contributed by atoms with van der Waals surface area (Å²) in [5.74, 6) is -0.220. The van der Waals surface area contributed by atoms with E-state index in [4.69, 9.17) is 21.1 Å². The molecule has 3 aliphatic heterocycles. The molecule has 0 radical (unpaired) electrons. The highest BCUT2D eigenvalue weighted by atomic mass is 35.5. The van der Waals surface area contributed by atoms with Gasteiger partial charge in [0.15, 0.2) is 0 Å². The summed E-state index contributed by atoms with van der Waals surface area (Å²) in [6, 6.07) is 27.9. The lowest BCUT2D eigenvalue weighted by Crippen LogP contribution is -2.60. The van der Waals surface area contributed by atoms with Gasteiger partial charge in [0.1, 0.15) is 36.1 Å². The average Bonchev–Trinajstić information content (AvgIpc) is 3.96. The molecule has 0 aliphatic carbocycles. The van der Waals surface area contributed by atoms with Crippen LogP contribution in [0.25, 0.3) is 22.0 Å². The number of aliphatic hydroxyl groups is 1. The molecule has 5 aromatic rings. The number of nitrogens with one attached hydrogen (secondary N) is 4. The summed E-state index contributed by atoms with van der Waals surface area (Å²) in [6.45, 7) is 0.623. The Balaban J connectivity index is 0.822.